The van der Waals surface area contributed by atoms with Crippen molar-refractivity contribution in [3.05, 3.63) is 35.9 Å². The molecule has 1 amide bonds. The van der Waals surface area contributed by atoms with Gasteiger partial charge in [-0.2, -0.15) is 5.10 Å². The zero-order chi connectivity index (χ0) is 10.9. The molecule has 1 aliphatic rings. The Bertz CT molecular complexity index is 413. The van der Waals surface area contributed by atoms with Crippen LogP contribution in [0.3, 0.4) is 0 Å². The van der Waals surface area contributed by atoms with Gasteiger partial charge in [-0.1, -0.05) is 37.3 Å². The van der Waals surface area contributed by atoms with Crippen LogP contribution < -0.4 is 11.2 Å². The average Bonchev–Trinajstić information content (AvgIpc) is 2.57. The summed E-state index contributed by atoms with van der Waals surface area (Å²) >= 11 is 0. The van der Waals surface area contributed by atoms with Crippen LogP contribution >= 0.6 is 0 Å². The zero-order valence-corrected chi connectivity index (χ0v) is 8.53. The summed E-state index contributed by atoms with van der Waals surface area (Å²) in [6.07, 6.45) is 0.609. The molecule has 0 saturated heterocycles. The summed E-state index contributed by atoms with van der Waals surface area (Å²) in [6, 6.07) is 9.50. The Morgan fingerprint density at radius 3 is 2.53 bits per heavy atom. The summed E-state index contributed by atoms with van der Waals surface area (Å²) in [5.74, 6) is 0.204. The van der Waals surface area contributed by atoms with Crippen molar-refractivity contribution < 1.29 is 4.79 Å². The van der Waals surface area contributed by atoms with E-state index in [0.29, 0.717) is 12.3 Å². The van der Waals surface area contributed by atoms with Crippen LogP contribution in [0.15, 0.2) is 35.4 Å². The summed E-state index contributed by atoms with van der Waals surface area (Å²) in [5.41, 5.74) is 8.36. The third-order valence-corrected chi connectivity index (χ3v) is 2.90. The van der Waals surface area contributed by atoms with Gasteiger partial charge in [0.25, 0.3) is 5.91 Å². The summed E-state index contributed by atoms with van der Waals surface area (Å²) in [4.78, 5) is 11.8. The Morgan fingerprint density at radius 1 is 1.40 bits per heavy atom. The number of nitrogens with zero attached hydrogens (tertiary/aromatic N) is 1. The van der Waals surface area contributed by atoms with Crippen molar-refractivity contribution in [3.63, 3.8) is 0 Å². The molecule has 1 aromatic carbocycles. The van der Waals surface area contributed by atoms with Gasteiger partial charge < -0.3 is 5.73 Å². The van der Waals surface area contributed by atoms with Crippen LogP contribution in [0.25, 0.3) is 0 Å². The number of nitrogens with two attached hydrogens (primary N) is 1. The van der Waals surface area contributed by atoms with E-state index in [-0.39, 0.29) is 5.91 Å². The lowest BCUT2D eigenvalue weighted by molar-refractivity contribution is -0.123. The van der Waals surface area contributed by atoms with E-state index in [1.165, 1.54) is 0 Å². The second kappa shape index (κ2) is 3.38. The third-order valence-electron chi connectivity index (χ3n) is 2.90. The molecule has 3 N–H and O–H groups in total. The molecule has 4 nitrogen and oxygen atoms in total. The molecule has 15 heavy (non-hydrogen) atoms. The first-order valence-electron chi connectivity index (χ1n) is 4.91. The normalized spacial score (nSPS) is 24.9. The molecule has 0 spiro atoms. The van der Waals surface area contributed by atoms with E-state index >= 15 is 0 Å². The van der Waals surface area contributed by atoms with Crippen molar-refractivity contribution in [3.8, 4) is 0 Å². The zero-order valence-electron chi connectivity index (χ0n) is 8.53. The SMILES string of the molecule is CCC1(c2ccccc2)C(=O)NN=C1N. The molecule has 1 aliphatic heterocycles. The topological polar surface area (TPSA) is 67.5 Å². The highest BCUT2D eigenvalue weighted by atomic mass is 16.2. The van der Waals surface area contributed by atoms with Gasteiger partial charge in [-0.25, -0.2) is 5.43 Å². The number of carbonyl (C=O) groups is 1. The van der Waals surface area contributed by atoms with E-state index in [9.17, 15) is 4.79 Å². The van der Waals surface area contributed by atoms with Gasteiger partial charge in [-0.05, 0) is 12.0 Å². The van der Waals surface area contributed by atoms with E-state index in [1.54, 1.807) is 0 Å². The third kappa shape index (κ3) is 1.21. The molecular formula is C11H13N3O. The van der Waals surface area contributed by atoms with Crippen molar-refractivity contribution >= 4 is 11.7 Å². The lowest BCUT2D eigenvalue weighted by atomic mass is 9.77. The highest BCUT2D eigenvalue weighted by molar-refractivity contribution is 6.15. The maximum Gasteiger partial charge on any atom is 0.258 e. The highest BCUT2D eigenvalue weighted by Crippen LogP contribution is 2.31. The van der Waals surface area contributed by atoms with Crippen molar-refractivity contribution in [1.29, 1.82) is 0 Å². The molecule has 0 aromatic heterocycles. The smallest absolute Gasteiger partial charge is 0.258 e. The predicted molar refractivity (Wildman–Crippen MR) is 58.2 cm³/mol. The number of amides is 1. The Morgan fingerprint density at radius 2 is 2.07 bits per heavy atom. The molecule has 0 saturated carbocycles. The van der Waals surface area contributed by atoms with Gasteiger partial charge in [0.05, 0.1) is 0 Å². The molecule has 1 unspecified atom stereocenters. The highest BCUT2D eigenvalue weighted by Gasteiger charge is 2.46. The summed E-state index contributed by atoms with van der Waals surface area (Å²) < 4.78 is 0. The first-order chi connectivity index (χ1) is 7.21. The van der Waals surface area contributed by atoms with E-state index in [0.717, 1.165) is 5.56 Å². The molecule has 4 heteroatoms. The van der Waals surface area contributed by atoms with Crippen LogP contribution in [0.4, 0.5) is 0 Å². The lowest BCUT2D eigenvalue weighted by Crippen LogP contribution is -2.45. The van der Waals surface area contributed by atoms with Gasteiger partial charge >= 0.3 is 0 Å². The number of hydrogen-bond acceptors (Lipinski definition) is 3. The number of hydrogen-bond donors (Lipinski definition) is 2. The van der Waals surface area contributed by atoms with Crippen LogP contribution in [0.1, 0.15) is 18.9 Å². The summed E-state index contributed by atoms with van der Waals surface area (Å²) in [7, 11) is 0. The fourth-order valence-corrected chi connectivity index (χ4v) is 1.97. The van der Waals surface area contributed by atoms with E-state index in [4.69, 9.17) is 5.73 Å². The first kappa shape index (κ1) is 9.71. The van der Waals surface area contributed by atoms with E-state index < -0.39 is 5.41 Å². The van der Waals surface area contributed by atoms with Crippen LogP contribution in [0, 0.1) is 0 Å². The quantitative estimate of drug-likeness (QED) is 0.744. The standard InChI is InChI=1S/C11H13N3O/c1-2-11(8-6-4-3-5-7-8)9(12)13-14-10(11)15/h3-7H,2H2,1H3,(H2,12,13)(H,14,15). The molecule has 0 bridgehead atoms. The van der Waals surface area contributed by atoms with Gasteiger partial charge in [-0.15, -0.1) is 0 Å². The molecule has 1 atom stereocenters. The second-order valence-corrected chi connectivity index (χ2v) is 3.56. The van der Waals surface area contributed by atoms with Gasteiger partial charge in [0.15, 0.2) is 0 Å². The molecule has 78 valence electrons. The van der Waals surface area contributed by atoms with E-state index in [2.05, 4.69) is 10.5 Å². The van der Waals surface area contributed by atoms with Gasteiger partial charge in [0.2, 0.25) is 0 Å². The van der Waals surface area contributed by atoms with Crippen molar-refractivity contribution in [2.24, 2.45) is 10.8 Å². The minimum Gasteiger partial charge on any atom is -0.385 e. The number of hydrazone groups is 1. The number of rotatable bonds is 2. The monoisotopic (exact) mass is 203 g/mol. The summed E-state index contributed by atoms with van der Waals surface area (Å²) in [6.45, 7) is 1.93. The van der Waals surface area contributed by atoms with Crippen LogP contribution in [-0.4, -0.2) is 11.7 Å². The van der Waals surface area contributed by atoms with Gasteiger partial charge in [0.1, 0.15) is 11.3 Å². The Hall–Kier alpha value is -1.84. The first-order valence-corrected chi connectivity index (χ1v) is 4.91. The minimum atomic E-state index is -0.777. The largest absolute Gasteiger partial charge is 0.385 e. The number of nitrogens with one attached hydrogen (secondary N) is 1. The predicted octanol–water partition coefficient (Wildman–Crippen LogP) is 0.736. The Balaban J connectivity index is 2.56. The van der Waals surface area contributed by atoms with Crippen LogP contribution in [0.5, 0.6) is 0 Å². The molecule has 0 fully saturated rings. The average molecular weight is 203 g/mol. The Labute approximate surface area is 88.2 Å². The maximum atomic E-state index is 11.8. The van der Waals surface area contributed by atoms with Gasteiger partial charge in [-0.3, -0.25) is 4.79 Å². The fourth-order valence-electron chi connectivity index (χ4n) is 1.97. The number of benzene rings is 1. The fraction of sp³-hybridized carbons (Fsp3) is 0.273. The molecule has 0 aliphatic carbocycles. The molecule has 2 rings (SSSR count). The number of carbonyl (C=O) groups excluding carboxylic acids is 1. The van der Waals surface area contributed by atoms with Crippen molar-refractivity contribution in [1.82, 2.24) is 5.43 Å². The van der Waals surface area contributed by atoms with Gasteiger partial charge in [0, 0.05) is 0 Å². The molecule has 1 aromatic rings. The van der Waals surface area contributed by atoms with Crippen molar-refractivity contribution in [2.45, 2.75) is 18.8 Å². The molecule has 1 heterocycles. The second-order valence-electron chi connectivity index (χ2n) is 3.56. The lowest BCUT2D eigenvalue weighted by Gasteiger charge is -2.24. The molecule has 0 radical (unpaired) electrons. The number of amidine groups is 1. The van der Waals surface area contributed by atoms with Crippen LogP contribution in [-0.2, 0) is 10.2 Å². The van der Waals surface area contributed by atoms with E-state index in [1.807, 2.05) is 37.3 Å². The maximum absolute atomic E-state index is 11.8. The van der Waals surface area contributed by atoms with Crippen LogP contribution in [0.2, 0.25) is 0 Å². The molecular weight excluding hydrogens is 190 g/mol. The minimum absolute atomic E-state index is 0.145. The summed E-state index contributed by atoms with van der Waals surface area (Å²) in [5, 5.41) is 3.81. The Kier molecular flexibility index (Phi) is 2.19. The van der Waals surface area contributed by atoms with Crippen molar-refractivity contribution in [2.75, 3.05) is 0 Å².